The van der Waals surface area contributed by atoms with Gasteiger partial charge in [-0.2, -0.15) is 5.10 Å². The van der Waals surface area contributed by atoms with Crippen LogP contribution in [0.3, 0.4) is 0 Å². The number of Topliss-reactive ketones (excluding diaryl/α,β-unsaturated/α-hetero) is 1. The number of carbonyl (C=O) groups is 1. The molecule has 1 aromatic heterocycles. The topological polar surface area (TPSA) is 47.2 Å². The van der Waals surface area contributed by atoms with Crippen LogP contribution < -0.4 is 0 Å². The number of aryl methyl sites for hydroxylation is 3. The Balaban J connectivity index is 1.45. The van der Waals surface area contributed by atoms with Gasteiger partial charge in [-0.15, -0.1) is 0 Å². The van der Waals surface area contributed by atoms with E-state index >= 15 is 0 Å². The maximum absolute atomic E-state index is 12.4. The Kier molecular flexibility index (Phi) is 5.57. The number of carbonyl (C=O) groups excluding carboxylic acids is 1. The predicted octanol–water partition coefficient (Wildman–Crippen LogP) is 5.18. The van der Waals surface area contributed by atoms with Gasteiger partial charge >= 0.3 is 0 Å². The van der Waals surface area contributed by atoms with Gasteiger partial charge in [0.2, 0.25) is 0 Å². The van der Waals surface area contributed by atoms with Crippen molar-refractivity contribution < 1.29 is 4.79 Å². The number of ketones is 1. The summed E-state index contributed by atoms with van der Waals surface area (Å²) in [7, 11) is 0. The molecule has 4 aromatic rings. The van der Waals surface area contributed by atoms with Gasteiger partial charge in [-0.05, 0) is 67.3 Å². The van der Waals surface area contributed by atoms with Gasteiger partial charge in [-0.1, -0.05) is 42.0 Å². The van der Waals surface area contributed by atoms with Crippen molar-refractivity contribution in [3.05, 3.63) is 94.7 Å². The molecule has 0 aliphatic carbocycles. The lowest BCUT2D eigenvalue weighted by molar-refractivity contribution is -0.117. The number of fused-ring (bicyclic) bond motifs is 1. The standard InChI is InChI=1S/C26H25N3O/c1-18-7-10-23(11-8-18)29-17-22-13-21(9-12-26(22)28-29)15-27-16-24(30)14-25-19(2)5-4-6-20(25)3/h4-13,15,17H,14,16H2,1-3H3. The zero-order chi connectivity index (χ0) is 21.1. The van der Waals surface area contributed by atoms with Gasteiger partial charge in [0.15, 0.2) is 5.78 Å². The molecule has 1 heterocycles. The Morgan fingerprint density at radius 3 is 2.47 bits per heavy atom. The maximum Gasteiger partial charge on any atom is 0.158 e. The van der Waals surface area contributed by atoms with Crippen LogP contribution in [0.1, 0.15) is 27.8 Å². The molecule has 0 saturated carbocycles. The molecule has 30 heavy (non-hydrogen) atoms. The number of hydrogen-bond donors (Lipinski definition) is 0. The highest BCUT2D eigenvalue weighted by Gasteiger charge is 2.08. The molecule has 0 unspecified atom stereocenters. The molecule has 4 rings (SSSR count). The van der Waals surface area contributed by atoms with E-state index in [-0.39, 0.29) is 12.3 Å². The lowest BCUT2D eigenvalue weighted by Gasteiger charge is -2.07. The summed E-state index contributed by atoms with van der Waals surface area (Å²) >= 11 is 0. The van der Waals surface area contributed by atoms with Crippen molar-refractivity contribution in [1.82, 2.24) is 9.78 Å². The third-order valence-corrected chi connectivity index (χ3v) is 5.35. The number of aliphatic imine (C=N–C) groups is 1. The molecule has 3 aromatic carbocycles. The van der Waals surface area contributed by atoms with E-state index in [4.69, 9.17) is 0 Å². The lowest BCUT2D eigenvalue weighted by atomic mass is 9.98. The van der Waals surface area contributed by atoms with Crippen molar-refractivity contribution >= 4 is 22.9 Å². The number of nitrogens with zero attached hydrogens (tertiary/aromatic N) is 3. The molecule has 4 heteroatoms. The molecule has 0 spiro atoms. The fraction of sp³-hybridized carbons (Fsp3) is 0.192. The van der Waals surface area contributed by atoms with E-state index in [0.29, 0.717) is 6.42 Å². The molecular formula is C26H25N3O. The highest BCUT2D eigenvalue weighted by atomic mass is 16.1. The monoisotopic (exact) mass is 395 g/mol. The predicted molar refractivity (Wildman–Crippen MR) is 123 cm³/mol. The third-order valence-electron chi connectivity index (χ3n) is 5.35. The van der Waals surface area contributed by atoms with Crippen LogP contribution >= 0.6 is 0 Å². The van der Waals surface area contributed by atoms with Gasteiger partial charge in [0.05, 0.1) is 17.7 Å². The minimum Gasteiger partial charge on any atom is -0.297 e. The summed E-state index contributed by atoms with van der Waals surface area (Å²) in [4.78, 5) is 16.8. The van der Waals surface area contributed by atoms with Crippen LogP contribution in [0.15, 0.2) is 71.9 Å². The van der Waals surface area contributed by atoms with Gasteiger partial charge in [0, 0.05) is 24.2 Å². The summed E-state index contributed by atoms with van der Waals surface area (Å²) in [5.41, 5.74) is 7.57. The van der Waals surface area contributed by atoms with Crippen molar-refractivity contribution in [2.75, 3.05) is 6.54 Å². The normalized spacial score (nSPS) is 11.4. The van der Waals surface area contributed by atoms with E-state index in [0.717, 1.165) is 38.8 Å². The average molecular weight is 396 g/mol. The Morgan fingerprint density at radius 1 is 1.00 bits per heavy atom. The number of benzene rings is 3. The highest BCUT2D eigenvalue weighted by molar-refractivity contribution is 5.90. The molecule has 0 N–H and O–H groups in total. The molecule has 4 nitrogen and oxygen atoms in total. The Bertz CT molecular complexity index is 1210. The molecule has 0 atom stereocenters. The first-order chi connectivity index (χ1) is 14.5. The fourth-order valence-electron chi connectivity index (χ4n) is 3.59. The number of aromatic nitrogens is 2. The fourth-order valence-corrected chi connectivity index (χ4v) is 3.59. The highest BCUT2D eigenvalue weighted by Crippen LogP contribution is 2.18. The molecule has 0 amide bonds. The van der Waals surface area contributed by atoms with Crippen molar-refractivity contribution in [2.24, 2.45) is 4.99 Å². The summed E-state index contributed by atoms with van der Waals surface area (Å²) < 4.78 is 1.89. The first kappa shape index (κ1) is 19.8. The number of hydrogen-bond acceptors (Lipinski definition) is 3. The molecular weight excluding hydrogens is 370 g/mol. The first-order valence-corrected chi connectivity index (χ1v) is 10.1. The van der Waals surface area contributed by atoms with Crippen LogP contribution in [0.2, 0.25) is 0 Å². The summed E-state index contributed by atoms with van der Waals surface area (Å²) in [6.45, 7) is 6.35. The number of rotatable bonds is 6. The molecule has 0 aliphatic heterocycles. The summed E-state index contributed by atoms with van der Waals surface area (Å²) in [6.07, 6.45) is 4.22. The van der Waals surface area contributed by atoms with Gasteiger partial charge < -0.3 is 0 Å². The van der Waals surface area contributed by atoms with Crippen LogP contribution in [0.4, 0.5) is 0 Å². The second-order valence-electron chi connectivity index (χ2n) is 7.78. The van der Waals surface area contributed by atoms with Crippen LogP contribution in [-0.4, -0.2) is 28.3 Å². The largest absolute Gasteiger partial charge is 0.297 e. The van der Waals surface area contributed by atoms with Gasteiger partial charge in [-0.25, -0.2) is 4.68 Å². The smallest absolute Gasteiger partial charge is 0.158 e. The zero-order valence-corrected chi connectivity index (χ0v) is 17.6. The van der Waals surface area contributed by atoms with Crippen molar-refractivity contribution in [2.45, 2.75) is 27.2 Å². The van der Waals surface area contributed by atoms with Crippen molar-refractivity contribution in [3.63, 3.8) is 0 Å². The quantitative estimate of drug-likeness (QED) is 0.422. The summed E-state index contributed by atoms with van der Waals surface area (Å²) in [5.74, 6) is 0.122. The van der Waals surface area contributed by atoms with E-state index in [2.05, 4.69) is 41.3 Å². The van der Waals surface area contributed by atoms with Gasteiger partial charge in [-0.3, -0.25) is 9.79 Å². The summed E-state index contributed by atoms with van der Waals surface area (Å²) in [6, 6.07) is 20.4. The minimum atomic E-state index is 0.122. The second kappa shape index (κ2) is 8.46. The Morgan fingerprint density at radius 2 is 1.73 bits per heavy atom. The minimum absolute atomic E-state index is 0.122. The molecule has 0 fully saturated rings. The van der Waals surface area contributed by atoms with Gasteiger partial charge in [0.1, 0.15) is 0 Å². The van der Waals surface area contributed by atoms with Crippen LogP contribution in [-0.2, 0) is 11.2 Å². The van der Waals surface area contributed by atoms with Crippen molar-refractivity contribution in [3.8, 4) is 5.69 Å². The molecule has 0 aliphatic rings. The molecule has 0 saturated heterocycles. The third kappa shape index (κ3) is 4.38. The second-order valence-corrected chi connectivity index (χ2v) is 7.78. The van der Waals surface area contributed by atoms with Crippen LogP contribution in [0.5, 0.6) is 0 Å². The van der Waals surface area contributed by atoms with E-state index in [1.165, 1.54) is 5.56 Å². The van der Waals surface area contributed by atoms with Gasteiger partial charge in [0.25, 0.3) is 0 Å². The zero-order valence-electron chi connectivity index (χ0n) is 17.6. The van der Waals surface area contributed by atoms with Crippen LogP contribution in [0.25, 0.3) is 16.6 Å². The lowest BCUT2D eigenvalue weighted by Crippen LogP contribution is -2.09. The van der Waals surface area contributed by atoms with E-state index < -0.39 is 0 Å². The van der Waals surface area contributed by atoms with Crippen LogP contribution in [0, 0.1) is 20.8 Å². The Hall–Kier alpha value is -3.53. The molecule has 0 radical (unpaired) electrons. The Labute approximate surface area is 176 Å². The first-order valence-electron chi connectivity index (χ1n) is 10.1. The van der Waals surface area contributed by atoms with E-state index in [9.17, 15) is 4.79 Å². The van der Waals surface area contributed by atoms with Crippen molar-refractivity contribution in [1.29, 1.82) is 0 Å². The van der Waals surface area contributed by atoms with E-state index in [1.807, 2.05) is 61.1 Å². The molecule has 150 valence electrons. The molecule has 0 bridgehead atoms. The SMILES string of the molecule is Cc1ccc(-n2cc3cc(C=NCC(=O)Cc4c(C)cccc4C)ccc3n2)cc1. The van der Waals surface area contributed by atoms with E-state index in [1.54, 1.807) is 6.21 Å². The summed E-state index contributed by atoms with van der Waals surface area (Å²) in [5, 5.41) is 5.69. The average Bonchev–Trinajstić information content (AvgIpc) is 3.15. The maximum atomic E-state index is 12.4.